The van der Waals surface area contributed by atoms with Crippen molar-refractivity contribution in [3.63, 3.8) is 0 Å². The molecule has 0 aliphatic carbocycles. The third-order valence-corrected chi connectivity index (χ3v) is 8.73. The molecule has 0 N–H and O–H groups in total. The predicted molar refractivity (Wildman–Crippen MR) is 144 cm³/mol. The Morgan fingerprint density at radius 1 is 1.11 bits per heavy atom. The van der Waals surface area contributed by atoms with Gasteiger partial charge >= 0.3 is 5.97 Å². The van der Waals surface area contributed by atoms with E-state index in [9.17, 15) is 14.4 Å². The molecule has 3 aromatic rings. The highest BCUT2D eigenvalue weighted by Gasteiger charge is 2.46. The van der Waals surface area contributed by atoms with Crippen LogP contribution in [-0.4, -0.2) is 41.0 Å². The van der Waals surface area contributed by atoms with Crippen molar-refractivity contribution in [2.75, 3.05) is 18.3 Å². The fraction of sp³-hybridized carbons (Fsp3) is 0.321. The number of carbonyl (C=O) groups excluding carboxylic acids is 2. The highest BCUT2D eigenvalue weighted by Crippen LogP contribution is 2.47. The number of amides is 1. The van der Waals surface area contributed by atoms with Gasteiger partial charge in [-0.2, -0.15) is 0 Å². The second kappa shape index (κ2) is 10.0. The molecule has 0 spiro atoms. The van der Waals surface area contributed by atoms with Crippen LogP contribution in [0.1, 0.15) is 59.4 Å². The van der Waals surface area contributed by atoms with Crippen molar-refractivity contribution in [3.8, 4) is 5.75 Å². The van der Waals surface area contributed by atoms with Crippen molar-refractivity contribution in [1.29, 1.82) is 0 Å². The Balaban J connectivity index is 1.60. The van der Waals surface area contributed by atoms with Crippen molar-refractivity contribution >= 4 is 35.2 Å². The van der Waals surface area contributed by atoms with Gasteiger partial charge in [0.25, 0.3) is 5.91 Å². The van der Waals surface area contributed by atoms with Gasteiger partial charge in [0.15, 0.2) is 5.69 Å². The van der Waals surface area contributed by atoms with E-state index in [0.717, 1.165) is 46.6 Å². The number of aromatic nitrogens is 1. The van der Waals surface area contributed by atoms with Crippen LogP contribution in [0, 0.1) is 0 Å². The van der Waals surface area contributed by atoms with E-state index in [1.165, 1.54) is 13.0 Å². The van der Waals surface area contributed by atoms with E-state index in [-0.39, 0.29) is 29.6 Å². The average molecular weight is 552 g/mol. The maximum atomic E-state index is 13.9. The molecule has 0 saturated carbocycles. The first-order chi connectivity index (χ1) is 18.5. The molecular weight excluding hydrogens is 526 g/mol. The van der Waals surface area contributed by atoms with Crippen LogP contribution in [0.3, 0.4) is 0 Å². The van der Waals surface area contributed by atoms with E-state index < -0.39 is 18.2 Å². The first-order valence-corrected chi connectivity index (χ1v) is 13.9. The molecule has 2 aromatic carbocycles. The Hall–Kier alpha value is -3.43. The molecule has 0 radical (unpaired) electrons. The van der Waals surface area contributed by atoms with Gasteiger partial charge in [0.1, 0.15) is 12.2 Å². The molecule has 1 aromatic heterocycles. The maximum absolute atomic E-state index is 13.9. The molecule has 1 saturated heterocycles. The number of thioether (sulfide) groups is 1. The van der Waals surface area contributed by atoms with Crippen LogP contribution < -0.4 is 15.2 Å². The Morgan fingerprint density at radius 2 is 1.95 bits per heavy atom. The molecule has 3 aliphatic heterocycles. The van der Waals surface area contributed by atoms with Gasteiger partial charge in [0, 0.05) is 47.0 Å². The fourth-order valence-corrected chi connectivity index (χ4v) is 7.03. The first-order valence-electron chi connectivity index (χ1n) is 12.6. The summed E-state index contributed by atoms with van der Waals surface area (Å²) in [5, 5.41) is 2.82. The van der Waals surface area contributed by atoms with E-state index in [4.69, 9.17) is 21.1 Å². The summed E-state index contributed by atoms with van der Waals surface area (Å²) in [6.07, 6.45) is 3.99. The predicted octanol–water partition coefficient (Wildman–Crippen LogP) is 4.70. The summed E-state index contributed by atoms with van der Waals surface area (Å²) in [6, 6.07) is 15.3. The number of esters is 1. The van der Waals surface area contributed by atoms with Crippen LogP contribution >= 0.6 is 23.4 Å². The van der Waals surface area contributed by atoms with Crippen molar-refractivity contribution < 1.29 is 19.1 Å². The topological polar surface area (TPSA) is 81.1 Å². The highest BCUT2D eigenvalue weighted by molar-refractivity contribution is 7.98. The maximum Gasteiger partial charge on any atom is 0.305 e. The van der Waals surface area contributed by atoms with Gasteiger partial charge in [-0.05, 0) is 42.5 Å². The minimum Gasteiger partial charge on any atom is -0.451 e. The number of hydrogen-bond donors (Lipinski definition) is 0. The molecule has 10 heteroatoms. The standard InChI is InChI=1S/C28H26ClN3O5S/c1-17(33)36-16-37-27-21(34)12-14-31-26(27)28(35)30-13-5-4-11-23(30)32(31)25-19-8-2-3-10-22(19)38-15-18-7-6-9-20(29)24(18)25/h2-3,6-10,12,14,23,25H,4-5,11,13,15-16H2,1H3/t23-,25-/m1/s1. The lowest BCUT2D eigenvalue weighted by atomic mass is 9.92. The van der Waals surface area contributed by atoms with Crippen LogP contribution in [0.15, 0.2) is 64.4 Å². The zero-order valence-electron chi connectivity index (χ0n) is 20.8. The minimum atomic E-state index is -0.544. The van der Waals surface area contributed by atoms with Crippen LogP contribution in [0.25, 0.3) is 0 Å². The Labute approximate surface area is 229 Å². The second-order valence-corrected chi connectivity index (χ2v) is 10.9. The average Bonchev–Trinajstić information content (AvgIpc) is 3.08. The summed E-state index contributed by atoms with van der Waals surface area (Å²) in [6.45, 7) is 1.35. The van der Waals surface area contributed by atoms with E-state index >= 15 is 0 Å². The number of benzene rings is 2. The zero-order chi connectivity index (χ0) is 26.4. The second-order valence-electron chi connectivity index (χ2n) is 9.50. The third-order valence-electron chi connectivity index (χ3n) is 7.27. The van der Waals surface area contributed by atoms with E-state index in [1.54, 1.807) is 22.6 Å². The highest BCUT2D eigenvalue weighted by atomic mass is 35.5. The lowest BCUT2D eigenvalue weighted by Gasteiger charge is -2.52. The van der Waals surface area contributed by atoms with Gasteiger partial charge in [0.05, 0.1) is 0 Å². The molecule has 3 aliphatic rings. The van der Waals surface area contributed by atoms with Crippen molar-refractivity contribution in [1.82, 2.24) is 9.58 Å². The summed E-state index contributed by atoms with van der Waals surface area (Å²) >= 11 is 8.69. The summed E-state index contributed by atoms with van der Waals surface area (Å²) in [7, 11) is 0. The van der Waals surface area contributed by atoms with Gasteiger partial charge in [0.2, 0.25) is 18.0 Å². The smallest absolute Gasteiger partial charge is 0.305 e. The molecule has 8 nitrogen and oxygen atoms in total. The normalized spacial score (nSPS) is 20.0. The van der Waals surface area contributed by atoms with Crippen LogP contribution in [-0.2, 0) is 15.3 Å². The Morgan fingerprint density at radius 3 is 2.79 bits per heavy atom. The van der Waals surface area contributed by atoms with Crippen molar-refractivity contribution in [3.05, 3.63) is 92.4 Å². The number of ether oxygens (including phenoxy) is 2. The number of piperidine rings is 1. The van der Waals surface area contributed by atoms with Gasteiger partial charge in [-0.3, -0.25) is 24.1 Å². The molecule has 196 valence electrons. The number of hydrogen-bond acceptors (Lipinski definition) is 7. The summed E-state index contributed by atoms with van der Waals surface area (Å²) in [4.78, 5) is 41.2. The molecule has 0 bridgehead atoms. The van der Waals surface area contributed by atoms with Crippen molar-refractivity contribution in [2.45, 2.75) is 49.0 Å². The van der Waals surface area contributed by atoms with E-state index in [1.807, 2.05) is 29.2 Å². The number of carbonyl (C=O) groups is 2. The summed E-state index contributed by atoms with van der Waals surface area (Å²) < 4.78 is 12.3. The molecule has 1 amide bonds. The molecule has 1 fully saturated rings. The zero-order valence-corrected chi connectivity index (χ0v) is 22.3. The number of halogens is 1. The monoisotopic (exact) mass is 551 g/mol. The summed E-state index contributed by atoms with van der Waals surface area (Å²) in [5.41, 5.74) is 2.85. The largest absolute Gasteiger partial charge is 0.451 e. The van der Waals surface area contributed by atoms with Crippen molar-refractivity contribution in [2.24, 2.45) is 0 Å². The number of fused-ring (bicyclic) bond motifs is 4. The Kier molecular flexibility index (Phi) is 6.57. The molecule has 2 atom stereocenters. The molecule has 0 unspecified atom stereocenters. The first kappa shape index (κ1) is 24.9. The van der Waals surface area contributed by atoms with Crippen LogP contribution in [0.2, 0.25) is 5.02 Å². The van der Waals surface area contributed by atoms with Crippen LogP contribution in [0.5, 0.6) is 5.75 Å². The van der Waals surface area contributed by atoms with E-state index in [2.05, 4.69) is 23.2 Å². The lowest BCUT2D eigenvalue weighted by Crippen LogP contribution is -2.63. The number of rotatable bonds is 4. The SMILES string of the molecule is CC(=O)OCOc1c2n(ccc1=O)N([C@@H]1c3ccccc3SCc3cccc(Cl)c31)[C@@H]1CCCCN1C2=O. The van der Waals surface area contributed by atoms with Crippen LogP contribution in [0.4, 0.5) is 0 Å². The minimum absolute atomic E-state index is 0.116. The van der Waals surface area contributed by atoms with E-state index in [0.29, 0.717) is 11.6 Å². The molecule has 38 heavy (non-hydrogen) atoms. The fourth-order valence-electron chi connectivity index (χ4n) is 5.65. The lowest BCUT2D eigenvalue weighted by molar-refractivity contribution is -0.147. The third kappa shape index (κ3) is 4.14. The molecular formula is C28H26ClN3O5S. The molecule has 4 heterocycles. The number of nitrogens with zero attached hydrogens (tertiary/aromatic N) is 3. The molecule has 6 rings (SSSR count). The van der Waals surface area contributed by atoms with Gasteiger partial charge in [-0.25, -0.2) is 0 Å². The quantitative estimate of drug-likeness (QED) is 0.343. The van der Waals surface area contributed by atoms with Gasteiger partial charge in [-0.1, -0.05) is 41.9 Å². The number of pyridine rings is 1. The van der Waals surface area contributed by atoms with Gasteiger partial charge < -0.3 is 14.4 Å². The van der Waals surface area contributed by atoms with Gasteiger partial charge in [-0.15, -0.1) is 11.8 Å². The Bertz CT molecular complexity index is 1490. The summed E-state index contributed by atoms with van der Waals surface area (Å²) in [5.74, 6) is -0.198.